The second kappa shape index (κ2) is 8.29. The molecule has 1 saturated carbocycles. The quantitative estimate of drug-likeness (QED) is 0.798. The first-order valence-electron chi connectivity index (χ1n) is 9.01. The minimum absolute atomic E-state index is 0.0258. The summed E-state index contributed by atoms with van der Waals surface area (Å²) in [6, 6.07) is 9.91. The summed E-state index contributed by atoms with van der Waals surface area (Å²) < 4.78 is 0. The van der Waals surface area contributed by atoms with Crippen molar-refractivity contribution in [2.45, 2.75) is 32.2 Å². The van der Waals surface area contributed by atoms with E-state index in [1.807, 2.05) is 30.3 Å². The number of amides is 2. The van der Waals surface area contributed by atoms with Gasteiger partial charge in [-0.3, -0.25) is 14.5 Å². The lowest BCUT2D eigenvalue weighted by atomic mass is 9.97. The van der Waals surface area contributed by atoms with Gasteiger partial charge in [0.25, 0.3) is 0 Å². The van der Waals surface area contributed by atoms with Crippen LogP contribution in [0.5, 0.6) is 0 Å². The summed E-state index contributed by atoms with van der Waals surface area (Å²) >= 11 is 0. The Kier molecular flexibility index (Phi) is 5.86. The Bertz CT molecular complexity index is 557. The number of rotatable bonds is 7. The van der Waals surface area contributed by atoms with Gasteiger partial charge in [0.15, 0.2) is 0 Å². The number of likely N-dealkylation sites (tertiary alicyclic amines) is 1. The zero-order valence-corrected chi connectivity index (χ0v) is 14.2. The SMILES string of the molecule is O=C(CN1CCCC(C(=O)NCC2CC2)C1)NCc1ccccc1. The van der Waals surface area contributed by atoms with E-state index in [9.17, 15) is 9.59 Å². The molecular weight excluding hydrogens is 302 g/mol. The molecule has 1 atom stereocenters. The molecular formula is C19H27N3O2. The minimum Gasteiger partial charge on any atom is -0.356 e. The minimum atomic E-state index is 0.0258. The van der Waals surface area contributed by atoms with Crippen LogP contribution < -0.4 is 10.6 Å². The molecule has 1 unspecified atom stereocenters. The van der Waals surface area contributed by atoms with E-state index >= 15 is 0 Å². The van der Waals surface area contributed by atoms with Crippen LogP contribution in [0, 0.1) is 11.8 Å². The Balaban J connectivity index is 1.39. The summed E-state index contributed by atoms with van der Waals surface area (Å²) in [5, 5.41) is 6.03. The maximum Gasteiger partial charge on any atom is 0.234 e. The predicted octanol–water partition coefficient (Wildman–Crippen LogP) is 1.54. The maximum absolute atomic E-state index is 12.2. The average molecular weight is 329 g/mol. The largest absolute Gasteiger partial charge is 0.356 e. The number of nitrogens with one attached hydrogen (secondary N) is 2. The molecule has 0 spiro atoms. The molecule has 1 aromatic carbocycles. The molecule has 0 radical (unpaired) electrons. The van der Waals surface area contributed by atoms with Crippen LogP contribution >= 0.6 is 0 Å². The van der Waals surface area contributed by atoms with E-state index in [1.165, 1.54) is 12.8 Å². The fourth-order valence-electron chi connectivity index (χ4n) is 3.18. The lowest BCUT2D eigenvalue weighted by molar-refractivity contribution is -0.129. The highest BCUT2D eigenvalue weighted by atomic mass is 16.2. The van der Waals surface area contributed by atoms with Crippen molar-refractivity contribution in [2.75, 3.05) is 26.2 Å². The number of carbonyl (C=O) groups excluding carboxylic acids is 2. The zero-order chi connectivity index (χ0) is 16.8. The Morgan fingerprint density at radius 3 is 2.62 bits per heavy atom. The Hall–Kier alpha value is -1.88. The molecule has 24 heavy (non-hydrogen) atoms. The molecule has 2 fully saturated rings. The fourth-order valence-corrected chi connectivity index (χ4v) is 3.18. The summed E-state index contributed by atoms with van der Waals surface area (Å²) in [7, 11) is 0. The topological polar surface area (TPSA) is 61.4 Å². The van der Waals surface area contributed by atoms with Gasteiger partial charge < -0.3 is 10.6 Å². The number of benzene rings is 1. The summed E-state index contributed by atoms with van der Waals surface area (Å²) in [4.78, 5) is 26.5. The van der Waals surface area contributed by atoms with Crippen LogP contribution in [0.25, 0.3) is 0 Å². The van der Waals surface area contributed by atoms with Crippen molar-refractivity contribution in [1.82, 2.24) is 15.5 Å². The van der Waals surface area contributed by atoms with Crippen molar-refractivity contribution in [3.05, 3.63) is 35.9 Å². The van der Waals surface area contributed by atoms with Gasteiger partial charge >= 0.3 is 0 Å². The first-order valence-corrected chi connectivity index (χ1v) is 9.01. The van der Waals surface area contributed by atoms with Crippen molar-refractivity contribution >= 4 is 11.8 Å². The average Bonchev–Trinajstić information content (AvgIpc) is 3.43. The van der Waals surface area contributed by atoms with E-state index in [0.717, 1.165) is 31.5 Å². The molecule has 1 aromatic rings. The van der Waals surface area contributed by atoms with E-state index < -0.39 is 0 Å². The molecule has 1 aliphatic heterocycles. The van der Waals surface area contributed by atoms with Gasteiger partial charge in [0.2, 0.25) is 11.8 Å². The van der Waals surface area contributed by atoms with Crippen molar-refractivity contribution in [1.29, 1.82) is 0 Å². The number of carbonyl (C=O) groups is 2. The van der Waals surface area contributed by atoms with Crippen molar-refractivity contribution in [3.63, 3.8) is 0 Å². The van der Waals surface area contributed by atoms with Gasteiger partial charge in [0.05, 0.1) is 12.5 Å². The van der Waals surface area contributed by atoms with Crippen LogP contribution in [0.4, 0.5) is 0 Å². The highest BCUT2D eigenvalue weighted by Crippen LogP contribution is 2.27. The predicted molar refractivity (Wildman–Crippen MR) is 93.2 cm³/mol. The van der Waals surface area contributed by atoms with Crippen molar-refractivity contribution < 1.29 is 9.59 Å². The Labute approximate surface area is 143 Å². The first kappa shape index (κ1) is 17.0. The molecule has 1 saturated heterocycles. The van der Waals surface area contributed by atoms with E-state index in [0.29, 0.717) is 25.6 Å². The van der Waals surface area contributed by atoms with Gasteiger partial charge in [-0.25, -0.2) is 0 Å². The Morgan fingerprint density at radius 1 is 1.08 bits per heavy atom. The van der Waals surface area contributed by atoms with Crippen LogP contribution in [0.2, 0.25) is 0 Å². The Morgan fingerprint density at radius 2 is 1.88 bits per heavy atom. The third-order valence-corrected chi connectivity index (χ3v) is 4.84. The molecule has 2 aliphatic rings. The summed E-state index contributed by atoms with van der Waals surface area (Å²) in [5.74, 6) is 0.922. The second-order valence-electron chi connectivity index (χ2n) is 7.03. The summed E-state index contributed by atoms with van der Waals surface area (Å²) in [5.41, 5.74) is 1.10. The first-order chi connectivity index (χ1) is 11.7. The standard InChI is InChI=1S/C19H27N3O2/c23-18(20-11-15-5-2-1-3-6-15)14-22-10-4-7-17(13-22)19(24)21-12-16-8-9-16/h1-3,5-6,16-17H,4,7-14H2,(H,20,23)(H,21,24). The number of hydrogen-bond donors (Lipinski definition) is 2. The lowest BCUT2D eigenvalue weighted by Gasteiger charge is -2.31. The lowest BCUT2D eigenvalue weighted by Crippen LogP contribution is -2.46. The van der Waals surface area contributed by atoms with Gasteiger partial charge in [-0.15, -0.1) is 0 Å². The monoisotopic (exact) mass is 329 g/mol. The molecule has 5 nitrogen and oxygen atoms in total. The van der Waals surface area contributed by atoms with Gasteiger partial charge in [0, 0.05) is 19.6 Å². The summed E-state index contributed by atoms with van der Waals surface area (Å²) in [6.45, 7) is 3.34. The fraction of sp³-hybridized carbons (Fsp3) is 0.579. The van der Waals surface area contributed by atoms with Crippen molar-refractivity contribution in [3.8, 4) is 0 Å². The van der Waals surface area contributed by atoms with E-state index in [2.05, 4.69) is 15.5 Å². The van der Waals surface area contributed by atoms with E-state index in [1.54, 1.807) is 0 Å². The molecule has 5 heteroatoms. The van der Waals surface area contributed by atoms with Crippen LogP contribution in [-0.4, -0.2) is 42.9 Å². The third kappa shape index (κ3) is 5.34. The smallest absolute Gasteiger partial charge is 0.234 e. The number of nitrogens with zero attached hydrogens (tertiary/aromatic N) is 1. The van der Waals surface area contributed by atoms with Gasteiger partial charge in [-0.1, -0.05) is 30.3 Å². The zero-order valence-electron chi connectivity index (χ0n) is 14.2. The highest BCUT2D eigenvalue weighted by molar-refractivity contribution is 5.80. The molecule has 2 N–H and O–H groups in total. The molecule has 130 valence electrons. The van der Waals surface area contributed by atoms with Crippen LogP contribution in [0.1, 0.15) is 31.2 Å². The van der Waals surface area contributed by atoms with Crippen LogP contribution in [0.3, 0.4) is 0 Å². The molecule has 3 rings (SSSR count). The number of hydrogen-bond acceptors (Lipinski definition) is 3. The van der Waals surface area contributed by atoms with E-state index in [-0.39, 0.29) is 17.7 Å². The third-order valence-electron chi connectivity index (χ3n) is 4.84. The second-order valence-corrected chi connectivity index (χ2v) is 7.03. The molecule has 1 heterocycles. The van der Waals surface area contributed by atoms with Gasteiger partial charge in [0.1, 0.15) is 0 Å². The summed E-state index contributed by atoms with van der Waals surface area (Å²) in [6.07, 6.45) is 4.41. The highest BCUT2D eigenvalue weighted by Gasteiger charge is 2.28. The van der Waals surface area contributed by atoms with Crippen LogP contribution in [-0.2, 0) is 16.1 Å². The molecule has 0 bridgehead atoms. The maximum atomic E-state index is 12.2. The van der Waals surface area contributed by atoms with E-state index in [4.69, 9.17) is 0 Å². The number of piperidine rings is 1. The normalized spacial score (nSPS) is 21.2. The van der Waals surface area contributed by atoms with Crippen molar-refractivity contribution in [2.24, 2.45) is 11.8 Å². The molecule has 0 aromatic heterocycles. The molecule has 2 amide bonds. The van der Waals surface area contributed by atoms with Gasteiger partial charge in [-0.2, -0.15) is 0 Å². The van der Waals surface area contributed by atoms with Crippen LogP contribution in [0.15, 0.2) is 30.3 Å². The molecule has 1 aliphatic carbocycles. The van der Waals surface area contributed by atoms with Gasteiger partial charge in [-0.05, 0) is 43.7 Å².